The van der Waals surface area contributed by atoms with Crippen LogP contribution in [0.25, 0.3) is 27.8 Å². The summed E-state index contributed by atoms with van der Waals surface area (Å²) in [5.74, 6) is 0. The van der Waals surface area contributed by atoms with Crippen molar-refractivity contribution in [2.24, 2.45) is 0 Å². The van der Waals surface area contributed by atoms with E-state index in [0.29, 0.717) is 5.69 Å². The van der Waals surface area contributed by atoms with Crippen LogP contribution >= 0.6 is 0 Å². The van der Waals surface area contributed by atoms with Crippen molar-refractivity contribution in [1.82, 2.24) is 4.57 Å². The van der Waals surface area contributed by atoms with Gasteiger partial charge in [-0.3, -0.25) is 0 Å². The molecule has 0 N–H and O–H groups in total. The maximum absolute atomic E-state index is 9.72. The Morgan fingerprint density at radius 1 is 0.644 bits per heavy atom. The van der Waals surface area contributed by atoms with E-state index in [4.69, 9.17) is 2.74 Å². The average molecular weight is 776 g/mol. The van der Waals surface area contributed by atoms with Crippen molar-refractivity contribution in [3.63, 3.8) is 0 Å². The number of nitrogens with zero attached hydrogens (tertiary/aromatic N) is 3. The number of fused-ring (bicyclic) bond motifs is 15. The highest BCUT2D eigenvalue weighted by Crippen LogP contribution is 2.65. The fourth-order valence-electron chi connectivity index (χ4n) is 14.7. The molecule has 0 spiro atoms. The number of benzene rings is 5. The predicted octanol–water partition coefficient (Wildman–Crippen LogP) is 11.9. The number of hydrogen-bond donors (Lipinski definition) is 0. The molecule has 4 aliphatic heterocycles. The molecule has 13 rings (SSSR count). The van der Waals surface area contributed by atoms with Gasteiger partial charge in [-0.25, -0.2) is 0 Å². The third kappa shape index (κ3) is 3.75. The zero-order chi connectivity index (χ0) is 43.9. The summed E-state index contributed by atoms with van der Waals surface area (Å²) in [6.07, 6.45) is 8.56. The van der Waals surface area contributed by atoms with E-state index >= 15 is 0 Å². The third-order valence-electron chi connectivity index (χ3n) is 18.1. The van der Waals surface area contributed by atoms with E-state index in [-0.39, 0.29) is 52.7 Å². The summed E-state index contributed by atoms with van der Waals surface area (Å²) in [6.45, 7) is 21.7. The number of anilines is 4. The third-order valence-corrected chi connectivity index (χ3v) is 18.1. The molecule has 0 bridgehead atoms. The Balaban J connectivity index is 1.23. The summed E-state index contributed by atoms with van der Waals surface area (Å²) in [5.41, 5.74) is 18.7. The Morgan fingerprint density at radius 2 is 1.31 bits per heavy atom. The van der Waals surface area contributed by atoms with Crippen molar-refractivity contribution in [3.05, 3.63) is 119 Å². The molecule has 1 aromatic heterocycles. The summed E-state index contributed by atoms with van der Waals surface area (Å²) in [5, 5.41) is 1.35. The largest absolute Gasteiger partial charge is 0.335 e. The Hall–Kier alpha value is -4.70. The standard InChI is InChI=1S/C55H58BN3/c1-50(2,3)33-29-36-45-48(35-19-10-11-20-37(35)51(45,4)5)57-43-31-34(58-42-24-13-12-21-38(42)52(6)25-14-16-27-54(52,58)8)32-44-46(43)56(41(30-33)47(36)57)40-23-18-22-39-49(40)59(44)55(9)28-17-15-26-53(39,55)7/h10-13,18-24,29-32H,14-17,25-28H2,1-9H3/i12D,13D,21D,24D. The maximum Gasteiger partial charge on any atom is 0.252 e. The minimum absolute atomic E-state index is 0.0204. The van der Waals surface area contributed by atoms with E-state index in [1.165, 1.54) is 90.7 Å². The first kappa shape index (κ1) is 31.2. The van der Waals surface area contributed by atoms with E-state index < -0.39 is 11.0 Å². The van der Waals surface area contributed by atoms with Crippen molar-refractivity contribution >= 4 is 56.8 Å². The first-order valence-corrected chi connectivity index (χ1v) is 22.7. The van der Waals surface area contributed by atoms with Gasteiger partial charge in [0.15, 0.2) is 0 Å². The Labute approximate surface area is 357 Å². The van der Waals surface area contributed by atoms with Gasteiger partial charge in [0.25, 0.3) is 6.71 Å². The Morgan fingerprint density at radius 3 is 2.07 bits per heavy atom. The summed E-state index contributed by atoms with van der Waals surface area (Å²) in [6, 6.07) is 26.3. The van der Waals surface area contributed by atoms with E-state index in [9.17, 15) is 2.74 Å². The molecule has 2 fully saturated rings. The second kappa shape index (κ2) is 10.6. The molecule has 3 nitrogen and oxygen atoms in total. The molecule has 4 unspecified atom stereocenters. The van der Waals surface area contributed by atoms with Gasteiger partial charge in [0.2, 0.25) is 0 Å². The molecule has 5 aromatic carbocycles. The van der Waals surface area contributed by atoms with Crippen LogP contribution in [0.2, 0.25) is 0 Å². The molecule has 59 heavy (non-hydrogen) atoms. The number of hydrogen-bond acceptors (Lipinski definition) is 2. The van der Waals surface area contributed by atoms with Crippen molar-refractivity contribution in [3.8, 4) is 16.9 Å². The average Bonchev–Trinajstić information content (AvgIpc) is 3.87. The Bertz CT molecular complexity index is 3140. The quantitative estimate of drug-likeness (QED) is 0.154. The van der Waals surface area contributed by atoms with Gasteiger partial charge >= 0.3 is 0 Å². The molecule has 5 heterocycles. The lowest BCUT2D eigenvalue weighted by Gasteiger charge is -2.53. The van der Waals surface area contributed by atoms with Crippen molar-refractivity contribution in [1.29, 1.82) is 0 Å². The maximum atomic E-state index is 9.72. The van der Waals surface area contributed by atoms with Gasteiger partial charge in [-0.2, -0.15) is 0 Å². The molecule has 4 heteroatoms. The van der Waals surface area contributed by atoms with E-state index in [0.717, 1.165) is 49.8 Å². The monoisotopic (exact) mass is 775 g/mol. The second-order valence-corrected chi connectivity index (χ2v) is 22.0. The van der Waals surface area contributed by atoms with Crippen LogP contribution in [-0.2, 0) is 21.7 Å². The smallest absolute Gasteiger partial charge is 0.252 e. The summed E-state index contributed by atoms with van der Waals surface area (Å²) >= 11 is 0. The summed E-state index contributed by atoms with van der Waals surface area (Å²) < 4.78 is 40.0. The fourth-order valence-corrected chi connectivity index (χ4v) is 14.7. The van der Waals surface area contributed by atoms with Crippen LogP contribution in [0, 0.1) is 0 Å². The lowest BCUT2D eigenvalue weighted by atomic mass is 9.33. The molecule has 3 aliphatic carbocycles. The first-order valence-electron chi connectivity index (χ1n) is 24.7. The number of para-hydroxylation sites is 2. The molecule has 7 aliphatic rings. The minimum atomic E-state index is -0.470. The molecule has 4 atom stereocenters. The van der Waals surface area contributed by atoms with Gasteiger partial charge in [0.05, 0.1) is 22.3 Å². The van der Waals surface area contributed by atoms with Crippen LogP contribution in [0.5, 0.6) is 0 Å². The zero-order valence-electron chi connectivity index (χ0n) is 40.4. The second-order valence-electron chi connectivity index (χ2n) is 22.0. The highest BCUT2D eigenvalue weighted by Gasteiger charge is 2.62. The van der Waals surface area contributed by atoms with Crippen molar-refractivity contribution < 1.29 is 5.48 Å². The van der Waals surface area contributed by atoms with E-state index in [1.807, 2.05) is 0 Å². The van der Waals surface area contributed by atoms with Gasteiger partial charge in [0.1, 0.15) is 0 Å². The van der Waals surface area contributed by atoms with Crippen LogP contribution in [0.3, 0.4) is 0 Å². The molecular weight excluding hydrogens is 713 g/mol. The molecule has 2 saturated carbocycles. The number of rotatable bonds is 1. The molecule has 6 aromatic rings. The lowest BCUT2D eigenvalue weighted by molar-refractivity contribution is 0.194. The number of aromatic nitrogens is 1. The van der Waals surface area contributed by atoms with Crippen molar-refractivity contribution in [2.75, 3.05) is 9.80 Å². The topological polar surface area (TPSA) is 11.4 Å². The summed E-state index contributed by atoms with van der Waals surface area (Å²) in [4.78, 5) is 5.24. The molecule has 0 saturated heterocycles. The molecule has 0 amide bonds. The van der Waals surface area contributed by atoms with Crippen molar-refractivity contribution in [2.45, 2.75) is 146 Å². The SMILES string of the molecule is [2H]c1c([2H])c([2H])c2c(c1[2H])N(c1cc3c4c(c1)-n1c5c(c6cc(C(C)(C)C)cc(c61)B4c1cccc4c1N3C1(C)CCCCC41C)C(C)(C)c1ccccc1-5)C1(C)CCCCC21C. The van der Waals surface area contributed by atoms with Gasteiger partial charge < -0.3 is 14.4 Å². The Kier molecular flexibility index (Phi) is 5.61. The van der Waals surface area contributed by atoms with Gasteiger partial charge in [-0.05, 0) is 113 Å². The van der Waals surface area contributed by atoms with Crippen LogP contribution in [0.15, 0.2) is 90.9 Å². The van der Waals surface area contributed by atoms with Crippen LogP contribution < -0.4 is 26.2 Å². The van der Waals surface area contributed by atoms with Crippen LogP contribution in [-0.4, -0.2) is 22.4 Å². The van der Waals surface area contributed by atoms with Gasteiger partial charge in [-0.15, -0.1) is 0 Å². The highest BCUT2D eigenvalue weighted by molar-refractivity contribution is 7.00. The van der Waals surface area contributed by atoms with Crippen LogP contribution in [0.1, 0.15) is 147 Å². The summed E-state index contributed by atoms with van der Waals surface area (Å²) in [7, 11) is 0. The van der Waals surface area contributed by atoms with Gasteiger partial charge in [-0.1, -0.05) is 141 Å². The predicted molar refractivity (Wildman–Crippen MR) is 250 cm³/mol. The zero-order valence-corrected chi connectivity index (χ0v) is 36.4. The van der Waals surface area contributed by atoms with Gasteiger partial charge in [0, 0.05) is 61.1 Å². The lowest BCUT2D eigenvalue weighted by Crippen LogP contribution is -2.64. The normalized spacial score (nSPS) is 29.5. The highest BCUT2D eigenvalue weighted by atomic mass is 15.3. The van der Waals surface area contributed by atoms with Crippen LogP contribution in [0.4, 0.5) is 22.7 Å². The fraction of sp³-hybridized carbons (Fsp3) is 0.418. The minimum Gasteiger partial charge on any atom is -0.335 e. The first-order chi connectivity index (χ1) is 29.8. The molecule has 0 radical (unpaired) electrons. The molecular formula is C55H58BN3. The molecule has 296 valence electrons. The van der Waals surface area contributed by atoms with E-state index in [1.54, 1.807) is 0 Å². The van der Waals surface area contributed by atoms with E-state index in [2.05, 4.69) is 143 Å².